The van der Waals surface area contributed by atoms with Crippen LogP contribution >= 0.6 is 0 Å². The van der Waals surface area contributed by atoms with E-state index in [4.69, 9.17) is 14.2 Å². The maximum atomic E-state index is 12.9. The molecule has 1 amide bonds. The third-order valence-electron chi connectivity index (χ3n) is 6.06. The molecule has 39 heavy (non-hydrogen) atoms. The van der Waals surface area contributed by atoms with Crippen LogP contribution in [0.2, 0.25) is 0 Å². The molecule has 0 saturated carbocycles. The van der Waals surface area contributed by atoms with Crippen molar-refractivity contribution in [1.82, 2.24) is 4.90 Å². The Labute approximate surface area is 229 Å². The van der Waals surface area contributed by atoms with Crippen LogP contribution in [-0.4, -0.2) is 48.1 Å². The van der Waals surface area contributed by atoms with Crippen molar-refractivity contribution in [1.29, 1.82) is 0 Å². The molecule has 0 bridgehead atoms. The molecule has 8 nitrogen and oxygen atoms in total. The summed E-state index contributed by atoms with van der Waals surface area (Å²) in [6.45, 7) is 2.45. The summed E-state index contributed by atoms with van der Waals surface area (Å²) in [7, 11) is 1.52. The van der Waals surface area contributed by atoms with Crippen LogP contribution in [0.15, 0.2) is 72.8 Å². The minimum atomic E-state index is -1.12. The van der Waals surface area contributed by atoms with E-state index in [-0.39, 0.29) is 6.54 Å². The van der Waals surface area contributed by atoms with Crippen LogP contribution in [-0.2, 0) is 11.3 Å². The van der Waals surface area contributed by atoms with Gasteiger partial charge < -0.3 is 24.2 Å². The van der Waals surface area contributed by atoms with Crippen molar-refractivity contribution >= 4 is 17.8 Å². The maximum Gasteiger partial charge on any atom is 0.343 e. The smallest absolute Gasteiger partial charge is 0.343 e. The van der Waals surface area contributed by atoms with E-state index >= 15 is 0 Å². The summed E-state index contributed by atoms with van der Waals surface area (Å²) in [5.41, 5.74) is 1.44. The van der Waals surface area contributed by atoms with E-state index in [1.54, 1.807) is 72.8 Å². The first-order valence-electron chi connectivity index (χ1n) is 13.1. The maximum absolute atomic E-state index is 12.9. The monoisotopic (exact) mass is 533 g/mol. The fourth-order valence-corrected chi connectivity index (χ4v) is 3.91. The van der Waals surface area contributed by atoms with Gasteiger partial charge in [0.1, 0.15) is 23.8 Å². The van der Waals surface area contributed by atoms with Gasteiger partial charge in [0.15, 0.2) is 0 Å². The SMILES string of the molecule is CCCCCCCOc1ccc(C(=O)Oc2ccc(CN(CC(=O)O)C(=O)c3ccc(OC)cc3)cc2)cc1. The number of carbonyl (C=O) groups excluding carboxylic acids is 2. The summed E-state index contributed by atoms with van der Waals surface area (Å²) < 4.78 is 16.3. The number of nitrogens with zero attached hydrogens (tertiary/aromatic N) is 1. The summed E-state index contributed by atoms with van der Waals surface area (Å²) in [6.07, 6.45) is 5.82. The van der Waals surface area contributed by atoms with Crippen molar-refractivity contribution in [3.05, 3.63) is 89.5 Å². The van der Waals surface area contributed by atoms with Gasteiger partial charge in [-0.2, -0.15) is 0 Å². The molecule has 8 heteroatoms. The molecular formula is C31H35NO7. The molecule has 0 aliphatic heterocycles. The molecule has 0 radical (unpaired) electrons. The second-order valence-corrected chi connectivity index (χ2v) is 9.10. The molecule has 0 aliphatic rings. The number of amides is 1. The van der Waals surface area contributed by atoms with Gasteiger partial charge >= 0.3 is 11.9 Å². The second kappa shape index (κ2) is 15.2. The number of ether oxygens (including phenoxy) is 3. The Morgan fingerprint density at radius 2 is 1.33 bits per heavy atom. The molecule has 0 aromatic heterocycles. The Kier molecular flexibility index (Phi) is 11.4. The lowest BCUT2D eigenvalue weighted by atomic mass is 10.1. The zero-order valence-corrected chi connectivity index (χ0v) is 22.4. The van der Waals surface area contributed by atoms with E-state index in [9.17, 15) is 19.5 Å². The molecule has 0 fully saturated rings. The number of aliphatic carboxylic acids is 1. The molecule has 1 N–H and O–H groups in total. The average Bonchev–Trinajstić information content (AvgIpc) is 2.95. The molecule has 0 heterocycles. The van der Waals surface area contributed by atoms with Gasteiger partial charge in [-0.1, -0.05) is 44.7 Å². The topological polar surface area (TPSA) is 102 Å². The summed E-state index contributed by atoms with van der Waals surface area (Å²) in [5, 5.41) is 9.31. The second-order valence-electron chi connectivity index (χ2n) is 9.10. The van der Waals surface area contributed by atoms with Gasteiger partial charge in [0.25, 0.3) is 5.91 Å². The van der Waals surface area contributed by atoms with Crippen LogP contribution in [0, 0.1) is 0 Å². The number of carbonyl (C=O) groups is 3. The van der Waals surface area contributed by atoms with Gasteiger partial charge in [-0.3, -0.25) is 9.59 Å². The molecule has 0 saturated heterocycles. The Bertz CT molecular complexity index is 1210. The van der Waals surface area contributed by atoms with E-state index in [1.165, 1.54) is 31.3 Å². The van der Waals surface area contributed by atoms with Gasteiger partial charge in [0.2, 0.25) is 0 Å². The van der Waals surface area contributed by atoms with Gasteiger partial charge in [-0.25, -0.2) is 4.79 Å². The van der Waals surface area contributed by atoms with Crippen LogP contribution in [0.1, 0.15) is 65.3 Å². The molecule has 0 unspecified atom stereocenters. The lowest BCUT2D eigenvalue weighted by Crippen LogP contribution is -2.35. The fourth-order valence-electron chi connectivity index (χ4n) is 3.91. The Balaban J connectivity index is 1.55. The minimum Gasteiger partial charge on any atom is -0.497 e. The first-order chi connectivity index (χ1) is 18.9. The number of benzene rings is 3. The van der Waals surface area contributed by atoms with E-state index in [0.717, 1.165) is 12.8 Å². The lowest BCUT2D eigenvalue weighted by molar-refractivity contribution is -0.137. The van der Waals surface area contributed by atoms with E-state index in [1.807, 2.05) is 0 Å². The largest absolute Gasteiger partial charge is 0.497 e. The van der Waals surface area contributed by atoms with Gasteiger partial charge in [-0.05, 0) is 72.6 Å². The molecule has 0 atom stereocenters. The van der Waals surface area contributed by atoms with Crippen LogP contribution < -0.4 is 14.2 Å². The van der Waals surface area contributed by atoms with Crippen LogP contribution in [0.25, 0.3) is 0 Å². The average molecular weight is 534 g/mol. The number of esters is 1. The van der Waals surface area contributed by atoms with Crippen molar-refractivity contribution < 1.29 is 33.7 Å². The highest BCUT2D eigenvalue weighted by Crippen LogP contribution is 2.19. The van der Waals surface area contributed by atoms with Crippen molar-refractivity contribution in [2.75, 3.05) is 20.3 Å². The predicted molar refractivity (Wildman–Crippen MR) is 147 cm³/mol. The number of methoxy groups -OCH3 is 1. The van der Waals surface area contributed by atoms with Crippen LogP contribution in [0.3, 0.4) is 0 Å². The highest BCUT2D eigenvalue weighted by atomic mass is 16.5. The number of hydrogen-bond donors (Lipinski definition) is 1. The molecule has 0 spiro atoms. The summed E-state index contributed by atoms with van der Waals surface area (Å²) in [5.74, 6) is -0.399. The molecule has 3 rings (SSSR count). The first kappa shape index (κ1) is 29.2. The summed E-state index contributed by atoms with van der Waals surface area (Å²) >= 11 is 0. The van der Waals surface area contributed by atoms with Gasteiger partial charge in [0, 0.05) is 12.1 Å². The number of hydrogen-bond acceptors (Lipinski definition) is 6. The van der Waals surface area contributed by atoms with E-state index in [0.29, 0.717) is 40.5 Å². The number of rotatable bonds is 15. The Morgan fingerprint density at radius 3 is 1.95 bits per heavy atom. The normalized spacial score (nSPS) is 10.5. The number of carboxylic acids is 1. The summed E-state index contributed by atoms with van der Waals surface area (Å²) in [4.78, 5) is 38.1. The molecule has 206 valence electrons. The fraction of sp³-hybridized carbons (Fsp3) is 0.323. The highest BCUT2D eigenvalue weighted by molar-refractivity contribution is 5.96. The lowest BCUT2D eigenvalue weighted by Gasteiger charge is -2.21. The van der Waals surface area contributed by atoms with Crippen molar-refractivity contribution in [2.45, 2.75) is 45.6 Å². The Hall–Kier alpha value is -4.33. The third kappa shape index (κ3) is 9.48. The van der Waals surface area contributed by atoms with Crippen molar-refractivity contribution in [2.24, 2.45) is 0 Å². The molecule has 3 aromatic carbocycles. The highest BCUT2D eigenvalue weighted by Gasteiger charge is 2.19. The van der Waals surface area contributed by atoms with Gasteiger partial charge in [-0.15, -0.1) is 0 Å². The van der Waals surface area contributed by atoms with E-state index < -0.39 is 24.4 Å². The van der Waals surface area contributed by atoms with Crippen LogP contribution in [0.5, 0.6) is 17.2 Å². The third-order valence-corrected chi connectivity index (χ3v) is 6.06. The number of unbranched alkanes of at least 4 members (excludes halogenated alkanes) is 4. The molecule has 0 aliphatic carbocycles. The van der Waals surface area contributed by atoms with Crippen molar-refractivity contribution in [3.8, 4) is 17.2 Å². The standard InChI is InChI=1S/C31H35NO7/c1-3-4-5-6-7-20-38-27-18-12-25(13-19-27)31(36)39-28-14-8-23(9-15-28)21-32(22-29(33)34)30(35)24-10-16-26(37-2)17-11-24/h8-19H,3-7,20-22H2,1-2H3,(H,33,34). The van der Waals surface area contributed by atoms with Crippen LogP contribution in [0.4, 0.5) is 0 Å². The Morgan fingerprint density at radius 1 is 0.744 bits per heavy atom. The van der Waals surface area contributed by atoms with Crippen molar-refractivity contribution in [3.63, 3.8) is 0 Å². The predicted octanol–water partition coefficient (Wildman–Crippen LogP) is 5.99. The summed E-state index contributed by atoms with van der Waals surface area (Å²) in [6, 6.07) is 19.9. The minimum absolute atomic E-state index is 0.0749. The quantitative estimate of drug-likeness (QED) is 0.145. The van der Waals surface area contributed by atoms with E-state index in [2.05, 4.69) is 6.92 Å². The molecule has 3 aromatic rings. The first-order valence-corrected chi connectivity index (χ1v) is 13.1. The number of carboxylic acid groups (broad SMARTS) is 1. The zero-order valence-electron chi connectivity index (χ0n) is 22.4. The van der Waals surface area contributed by atoms with Gasteiger partial charge in [0.05, 0.1) is 19.3 Å². The zero-order chi connectivity index (χ0) is 28.0. The molecular weight excluding hydrogens is 498 g/mol.